The van der Waals surface area contributed by atoms with Crippen LogP contribution in [0.1, 0.15) is 56.7 Å². The summed E-state index contributed by atoms with van der Waals surface area (Å²) in [7, 11) is 0. The van der Waals surface area contributed by atoms with Gasteiger partial charge in [0.1, 0.15) is 5.82 Å². The maximum atomic E-state index is 13.7. The normalized spacial score (nSPS) is 22.3. The highest BCUT2D eigenvalue weighted by molar-refractivity contribution is 5.99. The standard InChI is InChI=1S/C28H28FNO4/c1-28(2)33-20(15-21(34-28)16-25(31)32)13-14-23-26(17-9-11-19(29)12-10-17)22-5-3-4-6-24(22)30-27(23)18-7-8-18/h3-6,9-14,18,20-21H,7-8,15-16H2,1-2H3,(H,31,32)/t20-,21-/m1/s1. The summed E-state index contributed by atoms with van der Waals surface area (Å²) < 4.78 is 25.6. The number of fused-ring (bicyclic) bond motifs is 1. The quantitative estimate of drug-likeness (QED) is 0.465. The second-order valence-electron chi connectivity index (χ2n) is 9.57. The summed E-state index contributed by atoms with van der Waals surface area (Å²) in [5.41, 5.74) is 4.93. The van der Waals surface area contributed by atoms with E-state index >= 15 is 0 Å². The number of aromatic nitrogens is 1. The first kappa shape index (κ1) is 22.7. The van der Waals surface area contributed by atoms with Crippen LogP contribution in [0.4, 0.5) is 4.39 Å². The van der Waals surface area contributed by atoms with Crippen molar-refractivity contribution in [3.05, 3.63) is 71.7 Å². The number of carbonyl (C=O) groups is 1. The number of pyridine rings is 1. The van der Waals surface area contributed by atoms with Gasteiger partial charge in [0.2, 0.25) is 0 Å². The van der Waals surface area contributed by atoms with Gasteiger partial charge in [0.25, 0.3) is 0 Å². The van der Waals surface area contributed by atoms with E-state index in [1.165, 1.54) is 12.1 Å². The van der Waals surface area contributed by atoms with Crippen molar-refractivity contribution in [2.45, 2.75) is 63.4 Å². The monoisotopic (exact) mass is 461 g/mol. The molecule has 1 saturated heterocycles. The van der Waals surface area contributed by atoms with Crippen molar-refractivity contribution < 1.29 is 23.8 Å². The Balaban J connectivity index is 1.60. The molecule has 0 spiro atoms. The van der Waals surface area contributed by atoms with Crippen molar-refractivity contribution in [3.8, 4) is 11.1 Å². The molecule has 1 saturated carbocycles. The second kappa shape index (κ2) is 8.93. The zero-order valence-corrected chi connectivity index (χ0v) is 19.3. The largest absolute Gasteiger partial charge is 0.481 e. The van der Waals surface area contributed by atoms with E-state index in [0.717, 1.165) is 46.1 Å². The van der Waals surface area contributed by atoms with Crippen LogP contribution in [0.3, 0.4) is 0 Å². The number of para-hydroxylation sites is 1. The molecule has 1 aliphatic carbocycles. The second-order valence-corrected chi connectivity index (χ2v) is 9.57. The van der Waals surface area contributed by atoms with E-state index in [0.29, 0.717) is 12.3 Å². The Hall–Kier alpha value is -3.09. The third kappa shape index (κ3) is 4.88. The Morgan fingerprint density at radius 2 is 1.88 bits per heavy atom. The highest BCUT2D eigenvalue weighted by atomic mass is 19.1. The summed E-state index contributed by atoms with van der Waals surface area (Å²) in [6, 6.07) is 14.6. The minimum Gasteiger partial charge on any atom is -0.481 e. The number of hydrogen-bond acceptors (Lipinski definition) is 4. The Bertz CT molecular complexity index is 1250. The molecule has 3 aromatic rings. The predicted molar refractivity (Wildman–Crippen MR) is 129 cm³/mol. The lowest BCUT2D eigenvalue weighted by molar-refractivity contribution is -0.290. The SMILES string of the molecule is CC1(C)O[C@@H](CC(=O)O)C[C@@H](C=Cc2c(C3CC3)nc3ccccc3c2-c2ccc(F)cc2)O1. The fourth-order valence-corrected chi connectivity index (χ4v) is 4.80. The minimum atomic E-state index is -0.890. The van der Waals surface area contributed by atoms with E-state index in [2.05, 4.69) is 6.08 Å². The van der Waals surface area contributed by atoms with Gasteiger partial charge in [-0.05, 0) is 50.5 Å². The number of nitrogens with zero attached hydrogens (tertiary/aromatic N) is 1. The lowest BCUT2D eigenvalue weighted by Crippen LogP contribution is -2.44. The third-order valence-electron chi connectivity index (χ3n) is 6.32. The first-order chi connectivity index (χ1) is 16.3. The van der Waals surface area contributed by atoms with Crippen LogP contribution in [0.25, 0.3) is 28.1 Å². The number of rotatable bonds is 6. The number of halogens is 1. The zero-order chi connectivity index (χ0) is 23.9. The van der Waals surface area contributed by atoms with Gasteiger partial charge < -0.3 is 14.6 Å². The fourth-order valence-electron chi connectivity index (χ4n) is 4.80. The van der Waals surface area contributed by atoms with Crippen LogP contribution in [0.15, 0.2) is 54.6 Å². The molecule has 0 radical (unpaired) electrons. The molecule has 176 valence electrons. The minimum absolute atomic E-state index is 0.0667. The van der Waals surface area contributed by atoms with Crippen LogP contribution < -0.4 is 0 Å². The van der Waals surface area contributed by atoms with Crippen LogP contribution in [0.2, 0.25) is 0 Å². The van der Waals surface area contributed by atoms with Gasteiger partial charge in [0.15, 0.2) is 5.79 Å². The van der Waals surface area contributed by atoms with Crippen molar-refractivity contribution in [2.24, 2.45) is 0 Å². The third-order valence-corrected chi connectivity index (χ3v) is 6.32. The molecule has 2 aromatic carbocycles. The first-order valence-corrected chi connectivity index (χ1v) is 11.7. The van der Waals surface area contributed by atoms with Crippen LogP contribution in [-0.2, 0) is 14.3 Å². The first-order valence-electron chi connectivity index (χ1n) is 11.7. The van der Waals surface area contributed by atoms with Crippen molar-refractivity contribution in [1.29, 1.82) is 0 Å². The van der Waals surface area contributed by atoms with E-state index in [9.17, 15) is 14.3 Å². The average Bonchev–Trinajstić information content (AvgIpc) is 3.61. The van der Waals surface area contributed by atoms with Crippen LogP contribution >= 0.6 is 0 Å². The van der Waals surface area contributed by atoms with Crippen molar-refractivity contribution in [2.75, 3.05) is 0 Å². The lowest BCUT2D eigenvalue weighted by atomic mass is 9.92. The predicted octanol–water partition coefficient (Wildman–Crippen LogP) is 6.32. The van der Waals surface area contributed by atoms with Crippen molar-refractivity contribution in [3.63, 3.8) is 0 Å². The summed E-state index contributed by atoms with van der Waals surface area (Å²) in [6.07, 6.45) is 5.89. The fraction of sp³-hybridized carbons (Fsp3) is 0.357. The summed E-state index contributed by atoms with van der Waals surface area (Å²) in [4.78, 5) is 16.3. The topological polar surface area (TPSA) is 68.7 Å². The molecule has 2 atom stereocenters. The molecule has 1 aromatic heterocycles. The summed E-state index contributed by atoms with van der Waals surface area (Å²) in [5, 5.41) is 10.3. The molecule has 2 fully saturated rings. The van der Waals surface area contributed by atoms with Gasteiger partial charge in [-0.1, -0.05) is 42.5 Å². The van der Waals surface area contributed by atoms with E-state index < -0.39 is 17.9 Å². The van der Waals surface area contributed by atoms with Crippen LogP contribution in [0.5, 0.6) is 0 Å². The van der Waals surface area contributed by atoms with E-state index in [1.807, 2.05) is 42.5 Å². The van der Waals surface area contributed by atoms with Gasteiger partial charge in [-0.3, -0.25) is 9.78 Å². The van der Waals surface area contributed by atoms with Gasteiger partial charge in [-0.2, -0.15) is 0 Å². The number of aliphatic carboxylic acids is 1. The van der Waals surface area contributed by atoms with E-state index in [-0.39, 0.29) is 18.3 Å². The maximum absolute atomic E-state index is 13.7. The smallest absolute Gasteiger partial charge is 0.305 e. The van der Waals surface area contributed by atoms with E-state index in [1.54, 1.807) is 13.8 Å². The molecule has 2 heterocycles. The highest BCUT2D eigenvalue weighted by Gasteiger charge is 2.36. The molecule has 5 nitrogen and oxygen atoms in total. The summed E-state index contributed by atoms with van der Waals surface area (Å²) >= 11 is 0. The van der Waals surface area contributed by atoms with Crippen LogP contribution in [-0.4, -0.2) is 34.1 Å². The zero-order valence-electron chi connectivity index (χ0n) is 19.3. The molecule has 0 unspecified atom stereocenters. The number of hydrogen-bond donors (Lipinski definition) is 1. The molecular weight excluding hydrogens is 433 g/mol. The average molecular weight is 462 g/mol. The molecule has 6 heteroatoms. The van der Waals surface area contributed by atoms with Gasteiger partial charge >= 0.3 is 5.97 Å². The van der Waals surface area contributed by atoms with Gasteiger partial charge in [0, 0.05) is 28.9 Å². The Morgan fingerprint density at radius 1 is 1.15 bits per heavy atom. The molecule has 34 heavy (non-hydrogen) atoms. The Labute approximate surface area is 198 Å². The molecular formula is C28H28FNO4. The number of carboxylic acid groups (broad SMARTS) is 1. The Kier molecular flexibility index (Phi) is 5.96. The van der Waals surface area contributed by atoms with Gasteiger partial charge in [0.05, 0.1) is 29.8 Å². The van der Waals surface area contributed by atoms with Gasteiger partial charge in [-0.15, -0.1) is 0 Å². The maximum Gasteiger partial charge on any atom is 0.305 e. The number of ether oxygens (including phenoxy) is 2. The highest BCUT2D eigenvalue weighted by Crippen LogP contribution is 2.45. The molecule has 0 amide bonds. The molecule has 1 aliphatic heterocycles. The van der Waals surface area contributed by atoms with Crippen molar-refractivity contribution in [1.82, 2.24) is 4.98 Å². The number of benzene rings is 2. The Morgan fingerprint density at radius 3 is 2.59 bits per heavy atom. The van der Waals surface area contributed by atoms with Crippen LogP contribution in [0, 0.1) is 5.82 Å². The van der Waals surface area contributed by atoms with Crippen molar-refractivity contribution >= 4 is 22.9 Å². The summed E-state index contributed by atoms with van der Waals surface area (Å²) in [5.74, 6) is -1.65. The lowest BCUT2D eigenvalue weighted by Gasteiger charge is -2.39. The van der Waals surface area contributed by atoms with E-state index in [4.69, 9.17) is 14.5 Å². The molecule has 1 N–H and O–H groups in total. The molecule has 2 aliphatic rings. The molecule has 0 bridgehead atoms. The molecule has 5 rings (SSSR count). The number of carboxylic acids is 1. The van der Waals surface area contributed by atoms with Gasteiger partial charge in [-0.25, -0.2) is 4.39 Å². The summed E-state index contributed by atoms with van der Waals surface area (Å²) in [6.45, 7) is 3.61.